The van der Waals surface area contributed by atoms with Crippen molar-refractivity contribution in [3.05, 3.63) is 65.2 Å². The summed E-state index contributed by atoms with van der Waals surface area (Å²) in [5, 5.41) is 12.5. The maximum atomic E-state index is 13.8. The van der Waals surface area contributed by atoms with Gasteiger partial charge in [0.2, 0.25) is 11.5 Å². The molecule has 2 aromatic carbocycles. The van der Waals surface area contributed by atoms with Gasteiger partial charge in [0.05, 0.1) is 22.7 Å². The first-order valence-electron chi connectivity index (χ1n) is 9.25. The Balaban J connectivity index is 1.79. The number of aromatic nitrogens is 1. The Kier molecular flexibility index (Phi) is 6.44. The number of para-hydroxylation sites is 1. The molecule has 0 spiro atoms. The fraction of sp³-hybridized carbons (Fsp3) is 0.333. The first kappa shape index (κ1) is 22.2. The Morgan fingerprint density at radius 3 is 2.37 bits per heavy atom. The first-order valence-corrected chi connectivity index (χ1v) is 10.1. The van der Waals surface area contributed by atoms with Crippen LogP contribution >= 0.6 is 11.3 Å². The normalized spacial score (nSPS) is 15.2. The molecule has 9 heteroatoms. The minimum atomic E-state index is -5.06. The molecule has 2 atom stereocenters. The van der Waals surface area contributed by atoms with Crippen molar-refractivity contribution in [2.45, 2.75) is 24.2 Å². The van der Waals surface area contributed by atoms with Gasteiger partial charge in [-0.1, -0.05) is 42.5 Å². The van der Waals surface area contributed by atoms with E-state index >= 15 is 0 Å². The van der Waals surface area contributed by atoms with E-state index in [1.807, 2.05) is 49.3 Å². The summed E-state index contributed by atoms with van der Waals surface area (Å²) in [6.07, 6.45) is -6.22. The number of alkyl halides is 3. The maximum Gasteiger partial charge on any atom is 0.424 e. The molecule has 0 radical (unpaired) electrons. The SMILES string of the molecule is CN(C)C(CNC(=O)CC(O)(c1nc2ccccc2s1)C(F)(F)F)c1ccccc1. The Hall–Kier alpha value is -2.49. The summed E-state index contributed by atoms with van der Waals surface area (Å²) in [6, 6.07) is 15.6. The molecule has 3 rings (SSSR count). The number of rotatable bonds is 7. The molecule has 0 bridgehead atoms. The van der Waals surface area contributed by atoms with Gasteiger partial charge in [0, 0.05) is 6.54 Å². The van der Waals surface area contributed by atoms with Crippen LogP contribution in [0.25, 0.3) is 10.2 Å². The van der Waals surface area contributed by atoms with Gasteiger partial charge in [-0.15, -0.1) is 11.3 Å². The highest BCUT2D eigenvalue weighted by Crippen LogP contribution is 2.44. The van der Waals surface area contributed by atoms with Crippen LogP contribution in [0.15, 0.2) is 54.6 Å². The van der Waals surface area contributed by atoms with Crippen LogP contribution in [0.4, 0.5) is 13.2 Å². The number of thiazole rings is 1. The molecular formula is C21H22F3N3O2S. The van der Waals surface area contributed by atoms with Crippen LogP contribution in [0.1, 0.15) is 23.0 Å². The van der Waals surface area contributed by atoms with E-state index in [0.29, 0.717) is 10.2 Å². The Bertz CT molecular complexity index is 974. The number of hydrogen-bond donors (Lipinski definition) is 2. The third kappa shape index (κ3) is 4.63. The lowest BCUT2D eigenvalue weighted by Crippen LogP contribution is -2.47. The lowest BCUT2D eigenvalue weighted by molar-refractivity contribution is -0.267. The zero-order valence-corrected chi connectivity index (χ0v) is 17.3. The molecule has 0 fully saturated rings. The third-order valence-corrected chi connectivity index (χ3v) is 6.02. The fourth-order valence-electron chi connectivity index (χ4n) is 3.13. The fourth-order valence-corrected chi connectivity index (χ4v) is 4.20. The van der Waals surface area contributed by atoms with Crippen LogP contribution in [0.3, 0.4) is 0 Å². The number of carbonyl (C=O) groups is 1. The van der Waals surface area contributed by atoms with E-state index < -0.39 is 29.1 Å². The largest absolute Gasteiger partial charge is 0.424 e. The molecule has 2 unspecified atom stereocenters. The summed E-state index contributed by atoms with van der Waals surface area (Å²) >= 11 is 0.730. The van der Waals surface area contributed by atoms with E-state index in [1.54, 1.807) is 24.3 Å². The quantitative estimate of drug-likeness (QED) is 0.589. The van der Waals surface area contributed by atoms with Gasteiger partial charge in [-0.25, -0.2) is 4.98 Å². The molecule has 0 aliphatic heterocycles. The molecule has 0 aliphatic rings. The summed E-state index contributed by atoms with van der Waals surface area (Å²) in [5.74, 6) is -0.906. The molecule has 1 heterocycles. The smallest absolute Gasteiger partial charge is 0.374 e. The predicted octanol–water partition coefficient (Wildman–Crippen LogP) is 3.86. The molecule has 1 amide bonds. The van der Waals surface area contributed by atoms with Crippen LogP contribution in [0, 0.1) is 0 Å². The van der Waals surface area contributed by atoms with Gasteiger partial charge in [0.15, 0.2) is 0 Å². The lowest BCUT2D eigenvalue weighted by atomic mass is 9.99. The highest BCUT2D eigenvalue weighted by atomic mass is 32.1. The van der Waals surface area contributed by atoms with Gasteiger partial charge in [-0.2, -0.15) is 13.2 Å². The molecule has 5 nitrogen and oxygen atoms in total. The maximum absolute atomic E-state index is 13.8. The number of nitrogens with one attached hydrogen (secondary N) is 1. The number of benzene rings is 2. The molecular weight excluding hydrogens is 415 g/mol. The summed E-state index contributed by atoms with van der Waals surface area (Å²) in [6.45, 7) is 0.101. The Morgan fingerprint density at radius 1 is 1.13 bits per heavy atom. The number of fused-ring (bicyclic) bond motifs is 1. The highest BCUT2D eigenvalue weighted by Gasteiger charge is 2.58. The number of nitrogens with zero attached hydrogens (tertiary/aromatic N) is 2. The molecule has 1 aromatic heterocycles. The van der Waals surface area contributed by atoms with Gasteiger partial charge in [0.1, 0.15) is 5.01 Å². The predicted molar refractivity (Wildman–Crippen MR) is 110 cm³/mol. The molecule has 160 valence electrons. The number of hydrogen-bond acceptors (Lipinski definition) is 5. The highest BCUT2D eigenvalue weighted by molar-refractivity contribution is 7.18. The lowest BCUT2D eigenvalue weighted by Gasteiger charge is -2.29. The third-order valence-electron chi connectivity index (χ3n) is 4.83. The van der Waals surface area contributed by atoms with E-state index in [0.717, 1.165) is 16.9 Å². The molecule has 0 saturated heterocycles. The second-order valence-corrected chi connectivity index (χ2v) is 8.25. The van der Waals surface area contributed by atoms with Crippen molar-refractivity contribution in [2.75, 3.05) is 20.6 Å². The molecule has 0 saturated carbocycles. The topological polar surface area (TPSA) is 65.5 Å². The number of halogens is 3. The summed E-state index contributed by atoms with van der Waals surface area (Å²) in [7, 11) is 3.63. The Labute approximate surface area is 176 Å². The van der Waals surface area contributed by atoms with Crippen molar-refractivity contribution in [1.82, 2.24) is 15.2 Å². The van der Waals surface area contributed by atoms with Crippen LogP contribution in [0.5, 0.6) is 0 Å². The van der Waals surface area contributed by atoms with E-state index in [4.69, 9.17) is 0 Å². The second kappa shape index (κ2) is 8.71. The van der Waals surface area contributed by atoms with Crippen molar-refractivity contribution < 1.29 is 23.1 Å². The zero-order valence-electron chi connectivity index (χ0n) is 16.5. The van der Waals surface area contributed by atoms with Crippen LogP contribution in [0.2, 0.25) is 0 Å². The minimum Gasteiger partial charge on any atom is -0.374 e. The number of likely N-dealkylation sites (N-methyl/N-ethyl adjacent to an activating group) is 1. The van der Waals surface area contributed by atoms with Crippen LogP contribution < -0.4 is 5.32 Å². The minimum absolute atomic E-state index is 0.101. The zero-order chi connectivity index (χ0) is 21.9. The Morgan fingerprint density at radius 2 is 1.77 bits per heavy atom. The van der Waals surface area contributed by atoms with Crippen molar-refractivity contribution in [3.63, 3.8) is 0 Å². The average Bonchev–Trinajstić information content (AvgIpc) is 3.12. The number of aliphatic hydroxyl groups is 1. The van der Waals surface area contributed by atoms with Gasteiger partial charge in [-0.3, -0.25) is 4.79 Å². The summed E-state index contributed by atoms with van der Waals surface area (Å²) in [5.41, 5.74) is -2.10. The second-order valence-electron chi connectivity index (χ2n) is 7.22. The van der Waals surface area contributed by atoms with Crippen molar-refractivity contribution in [3.8, 4) is 0 Å². The van der Waals surface area contributed by atoms with Gasteiger partial charge < -0.3 is 15.3 Å². The molecule has 0 aliphatic carbocycles. The van der Waals surface area contributed by atoms with E-state index in [9.17, 15) is 23.1 Å². The molecule has 30 heavy (non-hydrogen) atoms. The van der Waals surface area contributed by atoms with Crippen molar-refractivity contribution in [1.29, 1.82) is 0 Å². The van der Waals surface area contributed by atoms with Gasteiger partial charge in [0.25, 0.3) is 0 Å². The van der Waals surface area contributed by atoms with Crippen molar-refractivity contribution >= 4 is 27.5 Å². The first-order chi connectivity index (χ1) is 14.1. The molecule has 3 aromatic rings. The summed E-state index contributed by atoms with van der Waals surface area (Å²) < 4.78 is 41.9. The number of amides is 1. The van der Waals surface area contributed by atoms with E-state index in [1.165, 1.54) is 0 Å². The monoisotopic (exact) mass is 437 g/mol. The molecule has 2 N–H and O–H groups in total. The van der Waals surface area contributed by atoms with Gasteiger partial charge >= 0.3 is 6.18 Å². The van der Waals surface area contributed by atoms with E-state index in [2.05, 4.69) is 10.3 Å². The van der Waals surface area contributed by atoms with Crippen LogP contribution in [-0.2, 0) is 10.4 Å². The van der Waals surface area contributed by atoms with Crippen molar-refractivity contribution in [2.24, 2.45) is 0 Å². The van der Waals surface area contributed by atoms with Crippen LogP contribution in [-0.4, -0.2) is 47.7 Å². The standard InChI is InChI=1S/C21H22F3N3O2S/c1-27(2)16(14-8-4-3-5-9-14)13-25-18(28)12-20(29,21(22,23)24)19-26-15-10-6-7-11-17(15)30-19/h3-11,16,29H,12-13H2,1-2H3,(H,25,28). The number of carbonyl (C=O) groups excluding carboxylic acids is 1. The van der Waals surface area contributed by atoms with E-state index in [-0.39, 0.29) is 12.6 Å². The summed E-state index contributed by atoms with van der Waals surface area (Å²) in [4.78, 5) is 18.2. The van der Waals surface area contributed by atoms with Gasteiger partial charge in [-0.05, 0) is 31.8 Å². The average molecular weight is 437 g/mol.